The van der Waals surface area contributed by atoms with Crippen molar-refractivity contribution in [3.05, 3.63) is 90.0 Å². The molecule has 0 spiro atoms. The number of sulfone groups is 1. The van der Waals surface area contributed by atoms with Crippen LogP contribution in [0.5, 0.6) is 0 Å². The Hall–Kier alpha value is -6.19. The third kappa shape index (κ3) is 18.3. The first-order valence-electron chi connectivity index (χ1n) is 19.6. The van der Waals surface area contributed by atoms with Crippen LogP contribution in [-0.2, 0) is 62.7 Å². The fraction of sp³-hybridized carbons (Fsp3) is 0.450. The van der Waals surface area contributed by atoms with Gasteiger partial charge in [0.2, 0.25) is 29.5 Å². The molecule has 0 aliphatic rings. The first-order valence-corrected chi connectivity index (χ1v) is 21.7. The van der Waals surface area contributed by atoms with E-state index in [9.17, 15) is 52.2 Å². The second-order valence-electron chi connectivity index (χ2n) is 14.5. The van der Waals surface area contributed by atoms with E-state index in [2.05, 4.69) is 36.6 Å². The number of unbranched alkanes of at least 4 members (excludes halogenated alkanes) is 1. The Morgan fingerprint density at radius 3 is 1.62 bits per heavy atom. The number of carboxylic acids is 2. The highest BCUT2D eigenvalue weighted by atomic mass is 32.2. The summed E-state index contributed by atoms with van der Waals surface area (Å²) in [5.74, 6) is -7.37. The normalized spacial score (nSPS) is 14.2. The molecule has 332 valence electrons. The van der Waals surface area contributed by atoms with Gasteiger partial charge < -0.3 is 53.2 Å². The third-order valence-corrected chi connectivity index (χ3v) is 10.4. The fourth-order valence-corrected chi connectivity index (χ4v) is 6.75. The highest BCUT2D eigenvalue weighted by Gasteiger charge is 2.33. The Kier molecular flexibility index (Phi) is 20.0. The molecule has 0 bridgehead atoms. The van der Waals surface area contributed by atoms with Crippen LogP contribution in [0.15, 0.2) is 73.2 Å². The molecule has 0 aliphatic heterocycles. The number of amides is 5. The number of aromatic nitrogens is 2. The van der Waals surface area contributed by atoms with Crippen molar-refractivity contribution in [3.8, 4) is 0 Å². The van der Waals surface area contributed by atoms with E-state index in [1.54, 1.807) is 60.7 Å². The maximum Gasteiger partial charge on any atom is 0.326 e. The summed E-state index contributed by atoms with van der Waals surface area (Å²) >= 11 is 0. The summed E-state index contributed by atoms with van der Waals surface area (Å²) in [5, 5.41) is 32.0. The molecule has 5 amide bonds. The zero-order chi connectivity index (χ0) is 45.0. The highest BCUT2D eigenvalue weighted by molar-refractivity contribution is 7.90. The summed E-state index contributed by atoms with van der Waals surface area (Å²) in [5.41, 5.74) is 13.2. The van der Waals surface area contributed by atoms with Gasteiger partial charge in [0.05, 0.1) is 18.1 Å². The molecule has 1 heterocycles. The van der Waals surface area contributed by atoms with Gasteiger partial charge in [-0.05, 0) is 49.8 Å². The number of carbonyl (C=O) groups is 7. The number of carbonyl (C=O) groups excluding carboxylic acids is 5. The molecule has 61 heavy (non-hydrogen) atoms. The molecular formula is C40H55N9O11S. The van der Waals surface area contributed by atoms with Crippen LogP contribution in [-0.4, -0.2) is 125 Å². The SMILES string of the molecule is CS(=O)(=O)CCC(N)C(=O)NC(CCC(=O)O)C(=O)NC(Cc1cnc[nH]1)C(=O)NC(Cc1ccccc1)C(=O)NC(CCCCN)C(=O)NC(Cc1ccccc1)C(=O)O. The minimum atomic E-state index is -3.49. The van der Waals surface area contributed by atoms with Gasteiger partial charge in [-0.2, -0.15) is 0 Å². The predicted octanol–water partition coefficient (Wildman–Crippen LogP) is -1.30. The zero-order valence-electron chi connectivity index (χ0n) is 33.7. The van der Waals surface area contributed by atoms with Gasteiger partial charge >= 0.3 is 11.9 Å². The molecular weight excluding hydrogens is 815 g/mol. The smallest absolute Gasteiger partial charge is 0.326 e. The van der Waals surface area contributed by atoms with E-state index in [-0.39, 0.29) is 32.1 Å². The molecule has 0 saturated heterocycles. The van der Waals surface area contributed by atoms with Crippen molar-refractivity contribution in [2.24, 2.45) is 11.5 Å². The molecule has 0 radical (unpaired) electrons. The topological polar surface area (TPSA) is 335 Å². The number of carboxylic acid groups (broad SMARTS) is 2. The number of imidazole rings is 1. The van der Waals surface area contributed by atoms with Gasteiger partial charge in [0, 0.05) is 43.8 Å². The van der Waals surface area contributed by atoms with E-state index in [0.717, 1.165) is 6.26 Å². The third-order valence-electron chi connectivity index (χ3n) is 9.42. The minimum absolute atomic E-state index is 0.0294. The Morgan fingerprint density at radius 1 is 0.656 bits per heavy atom. The monoisotopic (exact) mass is 869 g/mol. The summed E-state index contributed by atoms with van der Waals surface area (Å²) in [7, 11) is -3.49. The van der Waals surface area contributed by atoms with Gasteiger partial charge in [-0.1, -0.05) is 60.7 Å². The predicted molar refractivity (Wildman–Crippen MR) is 222 cm³/mol. The average Bonchev–Trinajstić information content (AvgIpc) is 3.73. The number of aliphatic carboxylic acids is 2. The van der Waals surface area contributed by atoms with Crippen LogP contribution in [0.2, 0.25) is 0 Å². The Bertz CT molecular complexity index is 2020. The van der Waals surface area contributed by atoms with Crippen molar-refractivity contribution in [3.63, 3.8) is 0 Å². The van der Waals surface area contributed by atoms with Crippen molar-refractivity contribution in [2.45, 2.75) is 94.0 Å². The quantitative estimate of drug-likeness (QED) is 0.0399. The molecule has 0 aliphatic carbocycles. The van der Waals surface area contributed by atoms with Gasteiger partial charge in [0.25, 0.3) is 0 Å². The zero-order valence-corrected chi connectivity index (χ0v) is 34.6. The van der Waals surface area contributed by atoms with Crippen LogP contribution in [0.25, 0.3) is 0 Å². The molecule has 2 aromatic carbocycles. The van der Waals surface area contributed by atoms with Crippen LogP contribution in [0.3, 0.4) is 0 Å². The Morgan fingerprint density at radius 2 is 1.13 bits per heavy atom. The molecule has 12 N–H and O–H groups in total. The lowest BCUT2D eigenvalue weighted by Crippen LogP contribution is -2.60. The van der Waals surface area contributed by atoms with Gasteiger partial charge in [-0.25, -0.2) is 18.2 Å². The number of nitrogens with one attached hydrogen (secondary N) is 6. The van der Waals surface area contributed by atoms with E-state index < -0.39 is 106 Å². The van der Waals surface area contributed by atoms with Crippen molar-refractivity contribution < 1.29 is 52.2 Å². The molecule has 3 aromatic rings. The van der Waals surface area contributed by atoms with E-state index in [4.69, 9.17) is 11.5 Å². The minimum Gasteiger partial charge on any atom is -0.481 e. The van der Waals surface area contributed by atoms with Crippen LogP contribution in [0, 0.1) is 0 Å². The lowest BCUT2D eigenvalue weighted by molar-refractivity contribution is -0.142. The maximum atomic E-state index is 14.2. The van der Waals surface area contributed by atoms with Gasteiger partial charge in [-0.15, -0.1) is 0 Å². The van der Waals surface area contributed by atoms with E-state index in [0.29, 0.717) is 36.2 Å². The molecule has 3 rings (SSSR count). The molecule has 20 nitrogen and oxygen atoms in total. The summed E-state index contributed by atoms with van der Waals surface area (Å²) < 4.78 is 23.3. The molecule has 6 unspecified atom stereocenters. The second-order valence-corrected chi connectivity index (χ2v) is 16.8. The van der Waals surface area contributed by atoms with E-state index in [1.807, 2.05) is 0 Å². The summed E-state index contributed by atoms with van der Waals surface area (Å²) in [4.78, 5) is 99.1. The first kappa shape index (κ1) is 49.2. The number of nitrogens with zero attached hydrogens (tertiary/aromatic N) is 1. The average molecular weight is 870 g/mol. The maximum absolute atomic E-state index is 14.2. The number of benzene rings is 2. The molecule has 1 aromatic heterocycles. The van der Waals surface area contributed by atoms with Gasteiger partial charge in [-0.3, -0.25) is 28.8 Å². The van der Waals surface area contributed by atoms with Gasteiger partial charge in [0.15, 0.2) is 0 Å². The lowest BCUT2D eigenvalue weighted by Gasteiger charge is -2.27. The molecule has 6 atom stereocenters. The fourth-order valence-electron chi connectivity index (χ4n) is 6.07. The first-order chi connectivity index (χ1) is 28.9. The van der Waals surface area contributed by atoms with Crippen LogP contribution in [0.4, 0.5) is 0 Å². The van der Waals surface area contributed by atoms with Crippen LogP contribution < -0.4 is 38.1 Å². The summed E-state index contributed by atoms with van der Waals surface area (Å²) in [6.45, 7) is 0.293. The number of hydrogen-bond donors (Lipinski definition) is 10. The number of hydrogen-bond acceptors (Lipinski definition) is 12. The molecule has 0 fully saturated rings. The molecule has 0 saturated carbocycles. The van der Waals surface area contributed by atoms with Crippen molar-refractivity contribution in [2.75, 3.05) is 18.6 Å². The van der Waals surface area contributed by atoms with Crippen molar-refractivity contribution in [1.29, 1.82) is 0 Å². The van der Waals surface area contributed by atoms with Crippen molar-refractivity contribution >= 4 is 51.3 Å². The number of nitrogens with two attached hydrogens (primary N) is 2. The van der Waals surface area contributed by atoms with E-state index >= 15 is 0 Å². The number of H-pyrrole nitrogens is 1. The second kappa shape index (κ2) is 24.8. The standard InChI is InChI=1S/C40H55N9O11S/c1-61(59,60)19-17-28(42)35(52)45-30(15-16-34(50)51)37(54)48-32(22-27-23-43-24-44-27)39(56)47-31(20-25-10-4-2-5-11-25)38(55)46-29(14-8-9-18-41)36(53)49-33(40(57)58)21-26-12-6-3-7-13-26/h2-7,10-13,23-24,28-33H,8-9,14-22,41-42H2,1H3,(H,43,44)(H,45,52)(H,46,55)(H,47,56)(H,48,54)(H,49,53)(H,50,51)(H,57,58). The number of aromatic amines is 1. The van der Waals surface area contributed by atoms with Crippen LogP contribution in [0.1, 0.15) is 55.3 Å². The highest BCUT2D eigenvalue weighted by Crippen LogP contribution is 2.11. The van der Waals surface area contributed by atoms with Crippen molar-refractivity contribution in [1.82, 2.24) is 36.6 Å². The molecule has 21 heteroatoms. The Labute approximate surface area is 353 Å². The van der Waals surface area contributed by atoms with Gasteiger partial charge in [0.1, 0.15) is 40.0 Å². The van der Waals surface area contributed by atoms with Crippen LogP contribution >= 0.6 is 0 Å². The number of rotatable bonds is 27. The largest absolute Gasteiger partial charge is 0.481 e. The Balaban J connectivity index is 1.90. The van der Waals surface area contributed by atoms with E-state index in [1.165, 1.54) is 12.5 Å². The summed E-state index contributed by atoms with van der Waals surface area (Å²) in [6.07, 6.45) is 3.03. The lowest BCUT2D eigenvalue weighted by atomic mass is 10.0. The summed E-state index contributed by atoms with van der Waals surface area (Å²) in [6, 6.07) is 8.97.